The molecule has 1 aromatic carbocycles. The van der Waals surface area contributed by atoms with Gasteiger partial charge in [-0.2, -0.15) is 0 Å². The first-order chi connectivity index (χ1) is 8.74. The topological polar surface area (TPSA) is 12.0 Å². The maximum Gasteiger partial charge on any atom is 0.0292 e. The second kappa shape index (κ2) is 9.57. The molecule has 0 radical (unpaired) electrons. The maximum absolute atomic E-state index is 3.60. The van der Waals surface area contributed by atoms with Gasteiger partial charge in [0.2, 0.25) is 0 Å². The molecule has 0 saturated carbocycles. The molecule has 2 heteroatoms. The standard InChI is InChI=1S/C16H26BrN/c1-3-4-5-6-7-8-12-18-14(2)15-10-9-11-16(17)13-15/h9-11,13-14,18H,3-8,12H2,1-2H3/t14-/m0/s1. The van der Waals surface area contributed by atoms with Crippen LogP contribution in [0, 0.1) is 0 Å². The summed E-state index contributed by atoms with van der Waals surface area (Å²) in [7, 11) is 0. The lowest BCUT2D eigenvalue weighted by atomic mass is 10.1. The third-order valence-corrected chi connectivity index (χ3v) is 3.82. The molecular formula is C16H26BrN. The summed E-state index contributed by atoms with van der Waals surface area (Å²) in [6.45, 7) is 5.62. The van der Waals surface area contributed by atoms with E-state index in [4.69, 9.17) is 0 Å². The van der Waals surface area contributed by atoms with E-state index < -0.39 is 0 Å². The first-order valence-electron chi connectivity index (χ1n) is 7.23. The molecule has 0 amide bonds. The highest BCUT2D eigenvalue weighted by atomic mass is 79.9. The van der Waals surface area contributed by atoms with Gasteiger partial charge in [-0.3, -0.25) is 0 Å². The largest absolute Gasteiger partial charge is 0.310 e. The third kappa shape index (κ3) is 6.55. The molecule has 1 N–H and O–H groups in total. The van der Waals surface area contributed by atoms with Gasteiger partial charge in [-0.05, 0) is 37.6 Å². The maximum atomic E-state index is 3.60. The normalized spacial score (nSPS) is 12.6. The Morgan fingerprint density at radius 2 is 1.83 bits per heavy atom. The van der Waals surface area contributed by atoms with Crippen molar-refractivity contribution in [2.45, 2.75) is 58.4 Å². The van der Waals surface area contributed by atoms with E-state index in [1.165, 1.54) is 44.1 Å². The summed E-state index contributed by atoms with van der Waals surface area (Å²) in [6, 6.07) is 8.99. The second-order valence-corrected chi connectivity index (χ2v) is 5.91. The van der Waals surface area contributed by atoms with Crippen LogP contribution >= 0.6 is 15.9 Å². The monoisotopic (exact) mass is 311 g/mol. The Morgan fingerprint density at radius 3 is 2.56 bits per heavy atom. The van der Waals surface area contributed by atoms with E-state index >= 15 is 0 Å². The Hall–Kier alpha value is -0.340. The number of nitrogens with one attached hydrogen (secondary N) is 1. The smallest absolute Gasteiger partial charge is 0.0292 e. The fourth-order valence-electron chi connectivity index (χ4n) is 2.12. The molecule has 0 fully saturated rings. The van der Waals surface area contributed by atoms with Gasteiger partial charge in [-0.25, -0.2) is 0 Å². The van der Waals surface area contributed by atoms with Crippen LogP contribution in [-0.2, 0) is 0 Å². The third-order valence-electron chi connectivity index (χ3n) is 3.33. The van der Waals surface area contributed by atoms with Crippen LogP contribution in [0.4, 0.5) is 0 Å². The molecule has 0 bridgehead atoms. The van der Waals surface area contributed by atoms with Gasteiger partial charge in [0, 0.05) is 10.5 Å². The minimum atomic E-state index is 0.443. The Kier molecular flexibility index (Phi) is 8.36. The second-order valence-electron chi connectivity index (χ2n) is 5.00. The average Bonchev–Trinajstić information content (AvgIpc) is 2.37. The zero-order valence-electron chi connectivity index (χ0n) is 11.7. The molecule has 0 aliphatic rings. The molecule has 0 spiro atoms. The van der Waals surface area contributed by atoms with Crippen molar-refractivity contribution < 1.29 is 0 Å². The van der Waals surface area contributed by atoms with Gasteiger partial charge in [-0.15, -0.1) is 0 Å². The number of unbranched alkanes of at least 4 members (excludes halogenated alkanes) is 5. The van der Waals surface area contributed by atoms with E-state index in [0.717, 1.165) is 11.0 Å². The van der Waals surface area contributed by atoms with Crippen LogP contribution in [-0.4, -0.2) is 6.54 Å². The average molecular weight is 312 g/mol. The zero-order chi connectivity index (χ0) is 13.2. The summed E-state index contributed by atoms with van der Waals surface area (Å²) in [5.41, 5.74) is 1.36. The number of benzene rings is 1. The number of hydrogen-bond acceptors (Lipinski definition) is 1. The number of hydrogen-bond donors (Lipinski definition) is 1. The molecule has 1 aromatic rings. The molecule has 18 heavy (non-hydrogen) atoms. The van der Waals surface area contributed by atoms with Gasteiger partial charge in [-0.1, -0.05) is 67.1 Å². The van der Waals surface area contributed by atoms with Crippen molar-refractivity contribution in [3.63, 3.8) is 0 Å². The van der Waals surface area contributed by atoms with E-state index in [-0.39, 0.29) is 0 Å². The van der Waals surface area contributed by atoms with E-state index in [0.29, 0.717) is 6.04 Å². The summed E-state index contributed by atoms with van der Waals surface area (Å²) < 4.78 is 1.16. The Balaban J connectivity index is 2.12. The van der Waals surface area contributed by atoms with Crippen LogP contribution in [0.1, 0.15) is 64.0 Å². The van der Waals surface area contributed by atoms with Crippen molar-refractivity contribution in [3.05, 3.63) is 34.3 Å². The zero-order valence-corrected chi connectivity index (χ0v) is 13.3. The number of rotatable bonds is 9. The Morgan fingerprint density at radius 1 is 1.11 bits per heavy atom. The Bertz CT molecular complexity index is 325. The fraction of sp³-hybridized carbons (Fsp3) is 0.625. The van der Waals surface area contributed by atoms with Crippen molar-refractivity contribution in [1.82, 2.24) is 5.32 Å². The fourth-order valence-corrected chi connectivity index (χ4v) is 2.53. The summed E-state index contributed by atoms with van der Waals surface area (Å²) in [5.74, 6) is 0. The SMILES string of the molecule is CCCCCCCCN[C@@H](C)c1cccc(Br)c1. The Labute approximate surface area is 120 Å². The molecule has 1 atom stereocenters. The predicted octanol–water partition coefficient (Wildman–Crippen LogP) is 5.46. The van der Waals surface area contributed by atoms with Crippen molar-refractivity contribution in [2.24, 2.45) is 0 Å². The summed E-state index contributed by atoms with van der Waals surface area (Å²) in [6.07, 6.45) is 8.17. The lowest BCUT2D eigenvalue weighted by Crippen LogP contribution is -2.19. The van der Waals surface area contributed by atoms with Crippen LogP contribution in [0.25, 0.3) is 0 Å². The van der Waals surface area contributed by atoms with E-state index in [1.807, 2.05) is 0 Å². The first-order valence-corrected chi connectivity index (χ1v) is 8.02. The van der Waals surface area contributed by atoms with Gasteiger partial charge in [0.05, 0.1) is 0 Å². The molecule has 0 unspecified atom stereocenters. The van der Waals surface area contributed by atoms with Crippen LogP contribution in [0.3, 0.4) is 0 Å². The van der Waals surface area contributed by atoms with Crippen molar-refractivity contribution in [1.29, 1.82) is 0 Å². The summed E-state index contributed by atoms with van der Waals surface area (Å²) >= 11 is 3.52. The molecule has 0 aliphatic carbocycles. The van der Waals surface area contributed by atoms with Gasteiger partial charge in [0.1, 0.15) is 0 Å². The lowest BCUT2D eigenvalue weighted by molar-refractivity contribution is 0.527. The minimum Gasteiger partial charge on any atom is -0.310 e. The van der Waals surface area contributed by atoms with Gasteiger partial charge in [0.15, 0.2) is 0 Å². The van der Waals surface area contributed by atoms with Crippen molar-refractivity contribution in [3.8, 4) is 0 Å². The highest BCUT2D eigenvalue weighted by Crippen LogP contribution is 2.17. The molecule has 1 nitrogen and oxygen atoms in total. The molecule has 0 aliphatic heterocycles. The first kappa shape index (κ1) is 15.7. The van der Waals surface area contributed by atoms with Gasteiger partial charge >= 0.3 is 0 Å². The van der Waals surface area contributed by atoms with E-state index in [2.05, 4.69) is 59.4 Å². The highest BCUT2D eigenvalue weighted by Gasteiger charge is 2.03. The summed E-state index contributed by atoms with van der Waals surface area (Å²) in [5, 5.41) is 3.60. The van der Waals surface area contributed by atoms with Crippen LogP contribution in [0.5, 0.6) is 0 Å². The van der Waals surface area contributed by atoms with Crippen LogP contribution < -0.4 is 5.32 Å². The molecule has 102 valence electrons. The molecular weight excluding hydrogens is 286 g/mol. The molecule has 0 aromatic heterocycles. The minimum absolute atomic E-state index is 0.443. The summed E-state index contributed by atoms with van der Waals surface area (Å²) in [4.78, 5) is 0. The molecule has 0 heterocycles. The molecule has 1 rings (SSSR count). The van der Waals surface area contributed by atoms with Crippen LogP contribution in [0.15, 0.2) is 28.7 Å². The number of halogens is 1. The predicted molar refractivity (Wildman–Crippen MR) is 83.9 cm³/mol. The van der Waals surface area contributed by atoms with E-state index in [9.17, 15) is 0 Å². The highest BCUT2D eigenvalue weighted by molar-refractivity contribution is 9.10. The van der Waals surface area contributed by atoms with Gasteiger partial charge in [0.25, 0.3) is 0 Å². The van der Waals surface area contributed by atoms with Crippen molar-refractivity contribution in [2.75, 3.05) is 6.54 Å². The lowest BCUT2D eigenvalue weighted by Gasteiger charge is -2.14. The molecule has 0 saturated heterocycles. The van der Waals surface area contributed by atoms with Crippen molar-refractivity contribution >= 4 is 15.9 Å². The van der Waals surface area contributed by atoms with E-state index in [1.54, 1.807) is 0 Å². The van der Waals surface area contributed by atoms with Gasteiger partial charge < -0.3 is 5.32 Å². The quantitative estimate of drug-likeness (QED) is 0.597. The van der Waals surface area contributed by atoms with Crippen LogP contribution in [0.2, 0.25) is 0 Å².